The summed E-state index contributed by atoms with van der Waals surface area (Å²) in [5, 5.41) is 10.6. The Balaban J connectivity index is 1.41. The molecule has 3 N–H and O–H groups in total. The molecule has 5 rings (SSSR count). The number of aryl methyl sites for hydroxylation is 2. The number of alkyl halides is 11. The van der Waals surface area contributed by atoms with Crippen molar-refractivity contribution in [3.63, 3.8) is 0 Å². The largest absolute Gasteiger partial charge is 0.471 e. The van der Waals surface area contributed by atoms with E-state index in [0.717, 1.165) is 29.8 Å². The second kappa shape index (κ2) is 14.7. The maximum Gasteiger partial charge on any atom is 0.435 e. The van der Waals surface area contributed by atoms with Crippen molar-refractivity contribution < 1.29 is 62.6 Å². The van der Waals surface area contributed by atoms with Crippen LogP contribution in [0.3, 0.4) is 0 Å². The molecular weight excluding hydrogens is 741 g/mol. The molecule has 1 aliphatic rings. The lowest BCUT2D eigenvalue weighted by atomic mass is 9.85. The van der Waals surface area contributed by atoms with E-state index in [-0.39, 0.29) is 48.4 Å². The number of imidazole rings is 1. The van der Waals surface area contributed by atoms with Crippen LogP contribution in [0.2, 0.25) is 0 Å². The zero-order valence-electron chi connectivity index (χ0n) is 27.5. The number of pyridine rings is 1. The van der Waals surface area contributed by atoms with Gasteiger partial charge in [-0.05, 0) is 49.4 Å². The fourth-order valence-electron chi connectivity index (χ4n) is 5.71. The highest BCUT2D eigenvalue weighted by Gasteiger charge is 2.42. The molecule has 11 nitrogen and oxygen atoms in total. The van der Waals surface area contributed by atoms with Gasteiger partial charge in [-0.2, -0.15) is 49.6 Å². The van der Waals surface area contributed by atoms with E-state index < -0.39 is 96.0 Å². The number of anilines is 2. The van der Waals surface area contributed by atoms with Crippen LogP contribution in [0.25, 0.3) is 11.2 Å². The summed E-state index contributed by atoms with van der Waals surface area (Å²) in [5.74, 6) is -4.30. The number of nitrogens with zero attached hydrogens (tertiary/aromatic N) is 5. The number of rotatable bonds is 10. The Kier molecular flexibility index (Phi) is 10.8. The number of nitrogens with one attached hydrogen (secondary N) is 3. The standard InChI is InChI=1S/C31H29F11N8O3/c1-49-24-20(10-17(27(47-24)53-13-23(32)33)25(51)44-16-6-4-15(5-7-16)29(34,35)36)46-28(49)45-19-9-14(3-8-18(19)30(37,38)39)12-43-26(52)21-11-22(31(40,41)42)48-50(21)2/h3,8-11,15-16,23H,4-7,12-13H2,1-2H3,(H,43,52)(H,44,51)(H,45,46). The number of carbonyl (C=O) groups is 2. The van der Waals surface area contributed by atoms with Gasteiger partial charge in [0.25, 0.3) is 18.2 Å². The lowest BCUT2D eigenvalue weighted by Crippen LogP contribution is -2.40. The van der Waals surface area contributed by atoms with Crippen LogP contribution in [-0.4, -0.2) is 61.4 Å². The molecule has 0 radical (unpaired) electrons. The molecule has 0 unspecified atom stereocenters. The molecule has 0 bridgehead atoms. The van der Waals surface area contributed by atoms with Crippen molar-refractivity contribution in [2.24, 2.45) is 20.0 Å². The van der Waals surface area contributed by atoms with Crippen LogP contribution in [-0.2, 0) is 33.0 Å². The summed E-state index contributed by atoms with van der Waals surface area (Å²) in [6.45, 7) is -1.62. The number of halogens is 11. The van der Waals surface area contributed by atoms with E-state index in [1.165, 1.54) is 7.05 Å². The molecule has 53 heavy (non-hydrogen) atoms. The van der Waals surface area contributed by atoms with Crippen LogP contribution in [0.15, 0.2) is 30.3 Å². The zero-order valence-corrected chi connectivity index (χ0v) is 27.5. The van der Waals surface area contributed by atoms with Crippen molar-refractivity contribution in [2.75, 3.05) is 11.9 Å². The van der Waals surface area contributed by atoms with Crippen molar-refractivity contribution in [2.45, 2.75) is 63.2 Å². The quantitative estimate of drug-likeness (QED) is 0.150. The van der Waals surface area contributed by atoms with E-state index in [0.29, 0.717) is 16.8 Å². The van der Waals surface area contributed by atoms with Gasteiger partial charge in [-0.15, -0.1) is 0 Å². The summed E-state index contributed by atoms with van der Waals surface area (Å²) < 4.78 is 154. The molecule has 22 heteroatoms. The number of hydrogen-bond acceptors (Lipinski definition) is 7. The second-order valence-corrected chi connectivity index (χ2v) is 12.2. The first-order chi connectivity index (χ1) is 24.6. The maximum absolute atomic E-state index is 14.1. The number of amides is 2. The zero-order chi connectivity index (χ0) is 39.0. The summed E-state index contributed by atoms with van der Waals surface area (Å²) in [5.41, 5.74) is -4.09. The normalized spacial score (nSPS) is 16.9. The van der Waals surface area contributed by atoms with E-state index in [9.17, 15) is 57.9 Å². The number of aromatic nitrogens is 5. The number of benzene rings is 1. The summed E-state index contributed by atoms with van der Waals surface area (Å²) in [6.07, 6.45) is -17.6. The lowest BCUT2D eigenvalue weighted by molar-refractivity contribution is -0.182. The summed E-state index contributed by atoms with van der Waals surface area (Å²) >= 11 is 0. The van der Waals surface area contributed by atoms with E-state index in [1.807, 2.05) is 0 Å². The smallest absolute Gasteiger partial charge is 0.435 e. The minimum Gasteiger partial charge on any atom is -0.471 e. The van der Waals surface area contributed by atoms with Crippen molar-refractivity contribution in [3.05, 3.63) is 58.4 Å². The van der Waals surface area contributed by atoms with Gasteiger partial charge in [-0.3, -0.25) is 18.8 Å². The van der Waals surface area contributed by atoms with Gasteiger partial charge in [0.1, 0.15) is 16.8 Å². The number of ether oxygens (including phenoxy) is 1. The first kappa shape index (κ1) is 39.0. The first-order valence-corrected chi connectivity index (χ1v) is 15.6. The van der Waals surface area contributed by atoms with Crippen LogP contribution in [0.1, 0.15) is 63.4 Å². The third-order valence-corrected chi connectivity index (χ3v) is 8.42. The fraction of sp³-hybridized carbons (Fsp3) is 0.452. The van der Waals surface area contributed by atoms with Gasteiger partial charge < -0.3 is 20.7 Å². The molecule has 3 aromatic heterocycles. The van der Waals surface area contributed by atoms with Crippen molar-refractivity contribution >= 4 is 34.6 Å². The minimum absolute atomic E-state index is 0.0108. The number of hydrogen-bond donors (Lipinski definition) is 3. The predicted molar refractivity (Wildman–Crippen MR) is 163 cm³/mol. The molecule has 0 atom stereocenters. The average Bonchev–Trinajstić information content (AvgIpc) is 3.60. The topological polar surface area (TPSA) is 128 Å². The molecule has 4 aromatic rings. The van der Waals surface area contributed by atoms with Gasteiger partial charge in [-0.1, -0.05) is 6.07 Å². The molecule has 0 saturated heterocycles. The number of carbonyl (C=O) groups excluding carboxylic acids is 2. The molecule has 0 spiro atoms. The molecule has 1 aromatic carbocycles. The first-order valence-electron chi connectivity index (χ1n) is 15.6. The van der Waals surface area contributed by atoms with Crippen molar-refractivity contribution in [1.82, 2.24) is 34.9 Å². The Bertz CT molecular complexity index is 1980. The van der Waals surface area contributed by atoms with Gasteiger partial charge in [-0.25, -0.2) is 13.8 Å². The third-order valence-electron chi connectivity index (χ3n) is 8.42. The van der Waals surface area contributed by atoms with Crippen molar-refractivity contribution in [3.8, 4) is 5.88 Å². The predicted octanol–water partition coefficient (Wildman–Crippen LogP) is 6.91. The Morgan fingerprint density at radius 1 is 0.906 bits per heavy atom. The second-order valence-electron chi connectivity index (χ2n) is 12.2. The summed E-state index contributed by atoms with van der Waals surface area (Å²) in [7, 11) is 2.41. The van der Waals surface area contributed by atoms with Gasteiger partial charge in [0.05, 0.1) is 17.2 Å². The van der Waals surface area contributed by atoms with Crippen LogP contribution in [0.5, 0.6) is 5.88 Å². The molecule has 1 fully saturated rings. The Morgan fingerprint density at radius 3 is 2.17 bits per heavy atom. The van der Waals surface area contributed by atoms with E-state index in [1.54, 1.807) is 0 Å². The van der Waals surface area contributed by atoms with Gasteiger partial charge in [0, 0.05) is 32.7 Å². The molecule has 1 saturated carbocycles. The Hall–Kier alpha value is -5.18. The number of fused-ring (bicyclic) bond motifs is 1. The van der Waals surface area contributed by atoms with Crippen molar-refractivity contribution in [1.29, 1.82) is 0 Å². The Morgan fingerprint density at radius 2 is 1.58 bits per heavy atom. The summed E-state index contributed by atoms with van der Waals surface area (Å²) in [4.78, 5) is 34.2. The van der Waals surface area contributed by atoms with Crippen LogP contribution < -0.4 is 20.7 Å². The molecule has 288 valence electrons. The van der Waals surface area contributed by atoms with Gasteiger partial charge >= 0.3 is 18.5 Å². The highest BCUT2D eigenvalue weighted by molar-refractivity contribution is 5.99. The van der Waals surface area contributed by atoms with Crippen LogP contribution in [0, 0.1) is 5.92 Å². The molecule has 0 aliphatic heterocycles. The molecule has 1 aliphatic carbocycles. The SMILES string of the molecule is Cn1nc(C(F)(F)F)cc1C(=O)NCc1ccc(C(F)(F)F)c(Nc2nc3cc(C(=O)NC4CCC(C(F)(F)F)CC4)c(OCC(F)F)nc3n2C)c1. The lowest BCUT2D eigenvalue weighted by Gasteiger charge is -2.30. The molecule has 3 heterocycles. The fourth-order valence-corrected chi connectivity index (χ4v) is 5.71. The monoisotopic (exact) mass is 770 g/mol. The highest BCUT2D eigenvalue weighted by Crippen LogP contribution is 2.39. The van der Waals surface area contributed by atoms with Gasteiger partial charge in [0.15, 0.2) is 17.9 Å². The Labute approximate surface area is 291 Å². The van der Waals surface area contributed by atoms with E-state index in [2.05, 4.69) is 31.0 Å². The van der Waals surface area contributed by atoms with E-state index >= 15 is 0 Å². The highest BCUT2D eigenvalue weighted by atomic mass is 19.4. The molecular formula is C31H29F11N8O3. The molecule has 2 amide bonds. The summed E-state index contributed by atoms with van der Waals surface area (Å²) in [6, 6.07) is 3.64. The minimum atomic E-state index is -4.92. The maximum atomic E-state index is 14.1. The third kappa shape index (κ3) is 9.07. The average molecular weight is 771 g/mol. The van der Waals surface area contributed by atoms with Crippen LogP contribution >= 0.6 is 0 Å². The van der Waals surface area contributed by atoms with Gasteiger partial charge in [0.2, 0.25) is 11.8 Å². The van der Waals surface area contributed by atoms with E-state index in [4.69, 9.17) is 4.74 Å². The van der Waals surface area contributed by atoms with Crippen LogP contribution in [0.4, 0.5) is 59.9 Å².